The van der Waals surface area contributed by atoms with Crippen LogP contribution in [-0.2, 0) is 4.79 Å². The third-order valence-electron chi connectivity index (χ3n) is 4.43. The number of carbonyl (C=O) groups excluding carboxylic acids is 1. The van der Waals surface area contributed by atoms with E-state index in [4.69, 9.17) is 18.0 Å². The highest BCUT2D eigenvalue weighted by Gasteiger charge is 2.34. The van der Waals surface area contributed by atoms with Crippen molar-refractivity contribution in [1.82, 2.24) is 5.32 Å². The Morgan fingerprint density at radius 3 is 2.17 bits per heavy atom. The summed E-state index contributed by atoms with van der Waals surface area (Å²) in [4.78, 5) is 12.7. The molecule has 0 aliphatic heterocycles. The molecule has 1 rings (SSSR count). The molecule has 0 radical (unpaired) electrons. The smallest absolute Gasteiger partial charge is 0.223 e. The van der Waals surface area contributed by atoms with Crippen LogP contribution in [0.2, 0.25) is 0 Å². The fourth-order valence-electron chi connectivity index (χ4n) is 2.70. The van der Waals surface area contributed by atoms with Crippen LogP contribution in [0.5, 0.6) is 0 Å². The molecular formula is C14H26N2OS. The Labute approximate surface area is 116 Å². The summed E-state index contributed by atoms with van der Waals surface area (Å²) in [6, 6.07) is 0. The number of nitrogens with one attached hydrogen (secondary N) is 1. The minimum absolute atomic E-state index is 0.137. The van der Waals surface area contributed by atoms with E-state index in [9.17, 15) is 4.79 Å². The van der Waals surface area contributed by atoms with Crippen LogP contribution in [0.1, 0.15) is 59.3 Å². The maximum atomic E-state index is 12.3. The van der Waals surface area contributed by atoms with Crippen LogP contribution in [-0.4, -0.2) is 16.4 Å². The fourth-order valence-corrected chi connectivity index (χ4v) is 3.04. The monoisotopic (exact) mass is 270 g/mol. The largest absolute Gasteiger partial charge is 0.391 e. The molecule has 0 atom stereocenters. The van der Waals surface area contributed by atoms with Crippen molar-refractivity contribution in [3.05, 3.63) is 0 Å². The Balaban J connectivity index is 2.64. The van der Waals surface area contributed by atoms with Gasteiger partial charge in [-0.2, -0.15) is 0 Å². The summed E-state index contributed by atoms with van der Waals surface area (Å²) >= 11 is 5.13. The Morgan fingerprint density at radius 1 is 1.28 bits per heavy atom. The molecule has 0 bridgehead atoms. The molecule has 1 aliphatic rings. The lowest BCUT2D eigenvalue weighted by atomic mass is 9.81. The lowest BCUT2D eigenvalue weighted by Gasteiger charge is -2.34. The molecular weight excluding hydrogens is 244 g/mol. The summed E-state index contributed by atoms with van der Waals surface area (Å²) in [5, 5.41) is 3.11. The van der Waals surface area contributed by atoms with E-state index in [-0.39, 0.29) is 11.8 Å². The topological polar surface area (TPSA) is 55.1 Å². The Kier molecular flexibility index (Phi) is 5.57. The molecule has 0 aromatic carbocycles. The standard InChI is InChI=1S/C14H26N2OS/c1-4-14(5-2,13(15)18)16-12(17)11-8-6-10(3)7-9-11/h10-11H,4-9H2,1-3H3,(H2,15,18)(H,16,17). The first-order chi connectivity index (χ1) is 8.45. The molecule has 4 heteroatoms. The van der Waals surface area contributed by atoms with E-state index in [0.717, 1.165) is 44.4 Å². The van der Waals surface area contributed by atoms with E-state index in [2.05, 4.69) is 12.2 Å². The predicted molar refractivity (Wildman–Crippen MR) is 79.4 cm³/mol. The maximum absolute atomic E-state index is 12.3. The van der Waals surface area contributed by atoms with E-state index in [1.807, 2.05) is 13.8 Å². The van der Waals surface area contributed by atoms with Gasteiger partial charge >= 0.3 is 0 Å². The highest BCUT2D eigenvalue weighted by Crippen LogP contribution is 2.29. The van der Waals surface area contributed by atoms with Gasteiger partial charge in [0.05, 0.1) is 10.5 Å². The van der Waals surface area contributed by atoms with Crippen LogP contribution in [0, 0.1) is 11.8 Å². The zero-order chi connectivity index (χ0) is 13.8. The molecule has 0 aromatic heterocycles. The molecule has 1 fully saturated rings. The lowest BCUT2D eigenvalue weighted by molar-refractivity contribution is -0.127. The summed E-state index contributed by atoms with van der Waals surface area (Å²) in [5.41, 5.74) is 5.32. The van der Waals surface area contributed by atoms with E-state index < -0.39 is 5.54 Å². The van der Waals surface area contributed by atoms with Gasteiger partial charge in [-0.3, -0.25) is 4.79 Å². The second-order valence-corrected chi connectivity index (χ2v) is 6.04. The molecule has 1 aliphatic carbocycles. The summed E-state index contributed by atoms with van der Waals surface area (Å²) in [7, 11) is 0. The first-order valence-corrected chi connectivity index (χ1v) is 7.48. The maximum Gasteiger partial charge on any atom is 0.223 e. The van der Waals surface area contributed by atoms with Gasteiger partial charge in [-0.15, -0.1) is 0 Å². The number of amides is 1. The van der Waals surface area contributed by atoms with Crippen LogP contribution in [0.3, 0.4) is 0 Å². The summed E-state index contributed by atoms with van der Waals surface area (Å²) in [5.74, 6) is 1.04. The average molecular weight is 270 g/mol. The van der Waals surface area contributed by atoms with Crippen LogP contribution < -0.4 is 11.1 Å². The van der Waals surface area contributed by atoms with Crippen molar-refractivity contribution in [3.8, 4) is 0 Å². The zero-order valence-corrected chi connectivity index (χ0v) is 12.6. The molecule has 0 unspecified atom stereocenters. The number of nitrogens with two attached hydrogens (primary N) is 1. The SMILES string of the molecule is CCC(CC)(NC(=O)C1CCC(C)CC1)C(N)=S. The molecule has 3 nitrogen and oxygen atoms in total. The van der Waals surface area contributed by atoms with Crippen LogP contribution in [0.25, 0.3) is 0 Å². The Morgan fingerprint density at radius 2 is 1.78 bits per heavy atom. The van der Waals surface area contributed by atoms with E-state index in [1.54, 1.807) is 0 Å². The predicted octanol–water partition coefficient (Wildman–Crippen LogP) is 2.77. The minimum atomic E-state index is -0.491. The van der Waals surface area contributed by atoms with Crippen molar-refractivity contribution in [3.63, 3.8) is 0 Å². The average Bonchev–Trinajstić information content (AvgIpc) is 2.36. The first-order valence-electron chi connectivity index (χ1n) is 7.07. The molecule has 3 N–H and O–H groups in total. The van der Waals surface area contributed by atoms with E-state index in [0.29, 0.717) is 4.99 Å². The van der Waals surface area contributed by atoms with Gasteiger partial charge in [0.25, 0.3) is 0 Å². The Hall–Kier alpha value is -0.640. The summed E-state index contributed by atoms with van der Waals surface area (Å²) in [6.45, 7) is 6.29. The van der Waals surface area contributed by atoms with Crippen molar-refractivity contribution in [2.24, 2.45) is 17.6 Å². The van der Waals surface area contributed by atoms with Crippen LogP contribution in [0.15, 0.2) is 0 Å². The Bertz CT molecular complexity index is 305. The van der Waals surface area contributed by atoms with Gasteiger partial charge in [-0.1, -0.05) is 33.0 Å². The van der Waals surface area contributed by atoms with Gasteiger partial charge < -0.3 is 11.1 Å². The van der Waals surface area contributed by atoms with Crippen molar-refractivity contribution in [2.45, 2.75) is 64.8 Å². The van der Waals surface area contributed by atoms with Gasteiger partial charge in [-0.25, -0.2) is 0 Å². The molecule has 0 spiro atoms. The van der Waals surface area contributed by atoms with Crippen LogP contribution >= 0.6 is 12.2 Å². The van der Waals surface area contributed by atoms with E-state index in [1.165, 1.54) is 0 Å². The van der Waals surface area contributed by atoms with Gasteiger partial charge in [0.15, 0.2) is 0 Å². The van der Waals surface area contributed by atoms with Gasteiger partial charge in [0.2, 0.25) is 5.91 Å². The van der Waals surface area contributed by atoms with Crippen molar-refractivity contribution in [1.29, 1.82) is 0 Å². The van der Waals surface area contributed by atoms with Crippen molar-refractivity contribution in [2.75, 3.05) is 0 Å². The van der Waals surface area contributed by atoms with Gasteiger partial charge in [0.1, 0.15) is 0 Å². The quantitative estimate of drug-likeness (QED) is 0.755. The first kappa shape index (κ1) is 15.4. The molecule has 0 heterocycles. The highest BCUT2D eigenvalue weighted by atomic mass is 32.1. The van der Waals surface area contributed by atoms with Crippen molar-refractivity contribution < 1.29 is 4.79 Å². The molecule has 1 saturated carbocycles. The second kappa shape index (κ2) is 6.50. The zero-order valence-electron chi connectivity index (χ0n) is 11.8. The van der Waals surface area contributed by atoms with Gasteiger partial charge in [-0.05, 0) is 44.4 Å². The molecule has 104 valence electrons. The molecule has 0 saturated heterocycles. The third kappa shape index (κ3) is 3.44. The number of carbonyl (C=O) groups is 1. The minimum Gasteiger partial charge on any atom is -0.391 e. The summed E-state index contributed by atoms with van der Waals surface area (Å²) < 4.78 is 0. The van der Waals surface area contributed by atoms with Crippen LogP contribution in [0.4, 0.5) is 0 Å². The van der Waals surface area contributed by atoms with Crippen molar-refractivity contribution >= 4 is 23.1 Å². The number of hydrogen-bond donors (Lipinski definition) is 2. The normalized spacial score (nSPS) is 24.6. The fraction of sp³-hybridized carbons (Fsp3) is 0.857. The highest BCUT2D eigenvalue weighted by molar-refractivity contribution is 7.80. The lowest BCUT2D eigenvalue weighted by Crippen LogP contribution is -2.57. The third-order valence-corrected chi connectivity index (χ3v) is 4.82. The number of thiocarbonyl (C=S) groups is 1. The molecule has 0 aromatic rings. The molecule has 1 amide bonds. The second-order valence-electron chi connectivity index (χ2n) is 5.60. The summed E-state index contributed by atoms with van der Waals surface area (Å²) in [6.07, 6.45) is 5.80. The number of hydrogen-bond acceptors (Lipinski definition) is 2. The van der Waals surface area contributed by atoms with Gasteiger partial charge in [0, 0.05) is 5.92 Å². The molecule has 18 heavy (non-hydrogen) atoms. The van der Waals surface area contributed by atoms with E-state index >= 15 is 0 Å². The number of rotatable bonds is 5.